The molecule has 0 bridgehead atoms. The summed E-state index contributed by atoms with van der Waals surface area (Å²) in [5, 5.41) is 14.8. The number of aromatic hydroxyl groups is 1. The molecule has 5 heterocycles. The van der Waals surface area contributed by atoms with Crippen molar-refractivity contribution in [1.29, 1.82) is 0 Å². The molecule has 16 aliphatic rings. The molecule has 23 nitrogen and oxygen atoms in total. The van der Waals surface area contributed by atoms with Crippen molar-refractivity contribution >= 4 is 73.5 Å². The molecule has 21 rings (SSSR count). The standard InChI is InChI=1S/C22H31N3O.C19H24BrN3O.C19H27N3O2.C18H22BrN3O2.C17H23N3O2/c1-15-9-11-21(12-10-15)14-18-8-7-17(6-5-16-3-4-16)13-19(18)22(21)24-20(23)25(2)26-22;1-3-23-16(24)19(22-17(23)21)15-10-14(20)5-4-13(15)11-18(19)8-6-12(2)7-9-18;1-4-23-15-6-5-14-12-18(9-7-13(2)8-10-18)19(16(14)11-15)21-17(20)22(3)24-19;1-22-15(23)18(21-16(22)20)14-9-12(19)4-3-11(14)10-17(18)7-5-13(24-2)6-8-17;1-11-5-7-16(8-6-11)10-12-3-4-13(21)9-14(12)17(16)19-15(18)20(2)22-17/h7-8,13,15-16H,3-6,9-12,14H2,1-2H3,(H2,23,24);4-5,10,12H,3,6-9,11H2,1-2H3,(H2,21,22);5-6,11,13H,4,7-10,12H2,1-3H3,(H2,20,21);3-4,9,13H,5-8,10H2,1-2H3,(H2,20,21);3-4,9,11,21H,5-8,10H2,1-2H3,(H2,18,19). The van der Waals surface area contributed by atoms with Crippen LogP contribution in [0.2, 0.25) is 0 Å². The number of carbonyl (C=O) groups is 2. The highest BCUT2D eigenvalue weighted by Gasteiger charge is 2.70. The molecule has 0 aromatic heterocycles. The largest absolute Gasteiger partial charge is 0.508 e. The van der Waals surface area contributed by atoms with Crippen LogP contribution in [0.1, 0.15) is 250 Å². The predicted octanol–water partition coefficient (Wildman–Crippen LogP) is 15.9. The van der Waals surface area contributed by atoms with Crippen molar-refractivity contribution in [2.45, 2.75) is 262 Å². The lowest BCUT2D eigenvalue weighted by Gasteiger charge is -2.45. The number of guanidine groups is 5. The number of aryl methyl sites for hydroxylation is 1. The van der Waals surface area contributed by atoms with Gasteiger partial charge in [0.15, 0.2) is 23.0 Å². The van der Waals surface area contributed by atoms with Crippen LogP contribution in [-0.2, 0) is 95.6 Å². The Morgan fingerprint density at radius 2 is 0.817 bits per heavy atom. The molecule has 11 N–H and O–H groups in total. The zero-order valence-corrected chi connectivity index (χ0v) is 75.6. The molecular weight excluding hydrogens is 1640 g/mol. The lowest BCUT2D eigenvalue weighted by molar-refractivity contribution is -0.230. The van der Waals surface area contributed by atoms with Crippen molar-refractivity contribution in [3.05, 3.63) is 161 Å². The Bertz CT molecular complexity index is 4970. The average molecular weight is 1770 g/mol. The third-order valence-corrected chi connectivity index (χ3v) is 32.9. The van der Waals surface area contributed by atoms with Gasteiger partial charge in [0.25, 0.3) is 11.8 Å². The molecule has 2 amide bonds. The number of carbonyl (C=O) groups excluding carboxylic acids is 2. The molecule has 0 saturated heterocycles. The van der Waals surface area contributed by atoms with Gasteiger partial charge in [-0.3, -0.25) is 19.4 Å². The summed E-state index contributed by atoms with van der Waals surface area (Å²) in [6.45, 7) is 14.5. The lowest BCUT2D eigenvalue weighted by atomic mass is 9.60. The van der Waals surface area contributed by atoms with E-state index in [9.17, 15) is 14.7 Å². The number of hydroxylamine groups is 6. The number of nitrogens with two attached hydrogens (primary N) is 5. The molecule has 25 heteroatoms. The van der Waals surface area contributed by atoms with Crippen molar-refractivity contribution in [3.63, 3.8) is 0 Å². The van der Waals surface area contributed by atoms with Gasteiger partial charge in [-0.05, 0) is 297 Å². The Kier molecular flexibility index (Phi) is 22.1. The van der Waals surface area contributed by atoms with Crippen molar-refractivity contribution in [1.82, 2.24) is 25.0 Å². The SMILES string of the molecule is CC1CCC2(CC1)Cc1ccc(CCC3CC3)cc1C21N=C(N)N(C)O1.CC1CCC2(CC1)Cc1ccc(O)cc1C21N=C(N)N(C)O1.CCN1C(=O)C2(N=C1N)c1cc(Br)ccc1CC21CCC(C)CC1.CCOc1ccc2c(c1)C1(N=C(N)N(C)O1)C1(CCC(C)CC1)C2.COC1CCC2(CC1)Cc1ccc(Br)cc1C21N=C(N)N(C)C1=O. The number of phenols is 1. The predicted molar refractivity (Wildman–Crippen MR) is 475 cm³/mol. The monoisotopic (exact) mass is 1760 g/mol. The molecule has 11 aliphatic carbocycles. The Hall–Kier alpha value is -7.81. The first-order valence-electron chi connectivity index (χ1n) is 44.8. The topological polar surface area (TPSA) is 309 Å². The van der Waals surface area contributed by atoms with Gasteiger partial charge >= 0.3 is 0 Å². The Labute approximate surface area is 726 Å². The highest BCUT2D eigenvalue weighted by molar-refractivity contribution is 9.10. The van der Waals surface area contributed by atoms with Gasteiger partial charge in [-0.25, -0.2) is 54.7 Å². The number of ether oxygens (including phenoxy) is 2. The Morgan fingerprint density at radius 3 is 1.21 bits per heavy atom. The van der Waals surface area contributed by atoms with E-state index in [2.05, 4.69) is 126 Å². The highest BCUT2D eigenvalue weighted by Crippen LogP contribution is 2.68. The van der Waals surface area contributed by atoms with Gasteiger partial charge in [-0.15, -0.1) is 0 Å². The van der Waals surface area contributed by atoms with Crippen molar-refractivity contribution in [2.75, 3.05) is 48.5 Å². The summed E-state index contributed by atoms with van der Waals surface area (Å²) in [5.74, 6) is 7.32. The van der Waals surface area contributed by atoms with Crippen molar-refractivity contribution in [2.24, 2.45) is 110 Å². The smallest absolute Gasteiger partial charge is 0.262 e. The summed E-state index contributed by atoms with van der Waals surface area (Å²) < 4.78 is 13.2. The number of rotatable bonds is 7. The second-order valence-corrected chi connectivity index (χ2v) is 40.8. The second-order valence-electron chi connectivity index (χ2n) is 39.0. The number of phenolic OH excluding ortho intramolecular Hbond substituents is 1. The summed E-state index contributed by atoms with van der Waals surface area (Å²) in [5.41, 5.74) is 39.9. The molecule has 6 fully saturated rings. The number of methoxy groups -OCH3 is 1. The van der Waals surface area contributed by atoms with Crippen molar-refractivity contribution < 1.29 is 38.7 Å². The zero-order valence-electron chi connectivity index (χ0n) is 72.5. The number of aliphatic imine (C=N–C) groups is 5. The summed E-state index contributed by atoms with van der Waals surface area (Å²) in [7, 11) is 9.02. The summed E-state index contributed by atoms with van der Waals surface area (Å²) in [4.78, 5) is 73.4. The van der Waals surface area contributed by atoms with Crippen LogP contribution >= 0.6 is 31.9 Å². The second kappa shape index (κ2) is 31.4. The minimum atomic E-state index is -0.871. The quantitative estimate of drug-likeness (QED) is 0.0882. The van der Waals surface area contributed by atoms with Gasteiger partial charge in [-0.2, -0.15) is 0 Å². The van der Waals surface area contributed by atoms with Gasteiger partial charge in [0.1, 0.15) is 11.5 Å². The van der Waals surface area contributed by atoms with Crippen LogP contribution in [0.5, 0.6) is 11.5 Å². The van der Waals surface area contributed by atoms with Gasteiger partial charge in [0, 0.05) is 94.6 Å². The number of nitrogens with zero attached hydrogens (tertiary/aromatic N) is 10. The zero-order chi connectivity index (χ0) is 84.7. The normalized spacial score (nSPS) is 35.5. The first kappa shape index (κ1) is 84.4. The molecule has 5 aromatic rings. The van der Waals surface area contributed by atoms with Crippen molar-refractivity contribution in [3.8, 4) is 11.5 Å². The maximum absolute atomic E-state index is 13.5. The number of halogens is 2. The van der Waals surface area contributed by atoms with Gasteiger partial charge in [0.2, 0.25) is 35.1 Å². The third-order valence-electron chi connectivity index (χ3n) is 32.0. The van der Waals surface area contributed by atoms with Crippen LogP contribution < -0.4 is 33.4 Å². The van der Waals surface area contributed by atoms with Crippen LogP contribution in [0.25, 0.3) is 0 Å². The van der Waals surface area contributed by atoms with Crippen LogP contribution in [0.3, 0.4) is 0 Å². The fourth-order valence-corrected chi connectivity index (χ4v) is 25.3. The number of benzene rings is 5. The van der Waals surface area contributed by atoms with E-state index in [1.54, 1.807) is 53.4 Å². The molecular formula is C95H127Br2N15O8. The molecule has 5 aliphatic heterocycles. The average Bonchev–Trinajstić information content (AvgIpc) is 1.53. The Morgan fingerprint density at radius 1 is 0.442 bits per heavy atom. The van der Waals surface area contributed by atoms with E-state index in [4.69, 9.17) is 77.6 Å². The summed E-state index contributed by atoms with van der Waals surface area (Å²) in [6.07, 6.45) is 32.7. The summed E-state index contributed by atoms with van der Waals surface area (Å²) in [6, 6.07) is 31.5. The first-order chi connectivity index (χ1) is 57.3. The summed E-state index contributed by atoms with van der Waals surface area (Å²) >= 11 is 7.13. The molecule has 5 aromatic carbocycles. The van der Waals surface area contributed by atoms with E-state index in [0.717, 1.165) is 176 Å². The van der Waals surface area contributed by atoms with Gasteiger partial charge < -0.3 is 43.2 Å². The lowest BCUT2D eigenvalue weighted by Crippen LogP contribution is -2.51. The number of hydrogen-bond acceptors (Lipinski definition) is 21. The molecule has 10 spiro atoms. The molecule has 5 unspecified atom stereocenters. The molecule has 120 heavy (non-hydrogen) atoms. The Balaban J connectivity index is 0.000000107. The molecule has 5 atom stereocenters. The van der Waals surface area contributed by atoms with E-state index < -0.39 is 28.3 Å². The number of fused-ring (bicyclic) bond motifs is 15. The van der Waals surface area contributed by atoms with Crippen LogP contribution in [0.4, 0.5) is 0 Å². The fraction of sp³-hybridized carbons (Fsp3) is 0.611. The highest BCUT2D eigenvalue weighted by atomic mass is 79.9. The maximum Gasteiger partial charge on any atom is 0.262 e. The van der Waals surface area contributed by atoms with E-state index >= 15 is 0 Å². The van der Waals surface area contributed by atoms with Gasteiger partial charge in [0.05, 0.1) is 12.7 Å². The number of hydrogen-bond donors (Lipinski definition) is 6. The third kappa shape index (κ3) is 13.5. The van der Waals surface area contributed by atoms with Gasteiger partial charge in [-0.1, -0.05) is 128 Å². The van der Waals surface area contributed by atoms with Crippen LogP contribution in [0, 0.1) is 56.7 Å². The maximum atomic E-state index is 13.5. The van der Waals surface area contributed by atoms with E-state index in [1.807, 2.05) is 40.1 Å². The van der Waals surface area contributed by atoms with Crippen LogP contribution in [-0.4, -0.2) is 126 Å². The van der Waals surface area contributed by atoms with Crippen LogP contribution in [0.15, 0.2) is 125 Å². The van der Waals surface area contributed by atoms with E-state index in [1.165, 1.54) is 121 Å². The molecule has 6 saturated carbocycles. The molecule has 644 valence electrons. The minimum Gasteiger partial charge on any atom is -0.508 e. The molecule has 0 radical (unpaired) electrons. The number of likely N-dealkylation sites (N-methyl/N-ethyl adjacent to an activating group) is 2. The first-order valence-corrected chi connectivity index (χ1v) is 46.4. The minimum absolute atomic E-state index is 0.00204. The van der Waals surface area contributed by atoms with E-state index in [-0.39, 0.29) is 50.7 Å². The van der Waals surface area contributed by atoms with E-state index in [0.29, 0.717) is 42.9 Å². The fourth-order valence-electron chi connectivity index (χ4n) is 24.6. The number of amides is 2.